The fourth-order valence-electron chi connectivity index (χ4n) is 2.46. The van der Waals surface area contributed by atoms with Crippen molar-refractivity contribution in [3.63, 3.8) is 0 Å². The quantitative estimate of drug-likeness (QED) is 0.716. The minimum absolute atomic E-state index is 0.202. The van der Waals surface area contributed by atoms with Gasteiger partial charge in [0.1, 0.15) is 0 Å². The van der Waals surface area contributed by atoms with Gasteiger partial charge in [-0.15, -0.1) is 0 Å². The summed E-state index contributed by atoms with van der Waals surface area (Å²) in [5, 5.41) is 0. The average Bonchev–Trinajstić information content (AvgIpc) is 2.70. The lowest BCUT2D eigenvalue weighted by Gasteiger charge is -2.03. The Labute approximate surface area is 95.7 Å². The van der Waals surface area contributed by atoms with Crippen molar-refractivity contribution < 1.29 is 9.53 Å². The summed E-state index contributed by atoms with van der Waals surface area (Å²) in [6, 6.07) is 0. The van der Waals surface area contributed by atoms with Crippen LogP contribution in [-0.4, -0.2) is 17.1 Å². The second-order valence-corrected chi connectivity index (χ2v) is 4.15. The van der Waals surface area contributed by atoms with Crippen LogP contribution in [0.15, 0.2) is 6.08 Å². The smallest absolute Gasteiger partial charge is 0.340 e. The van der Waals surface area contributed by atoms with E-state index < -0.39 is 0 Å². The van der Waals surface area contributed by atoms with E-state index in [1.54, 1.807) is 0 Å². The van der Waals surface area contributed by atoms with Crippen LogP contribution in [-0.2, 0) is 11.3 Å². The molecule has 0 bridgehead atoms. The van der Waals surface area contributed by atoms with Crippen molar-refractivity contribution in [1.29, 1.82) is 0 Å². The first kappa shape index (κ1) is 11.0. The van der Waals surface area contributed by atoms with Gasteiger partial charge in [-0.2, -0.15) is 0 Å². The van der Waals surface area contributed by atoms with Crippen LogP contribution >= 0.6 is 0 Å². The van der Waals surface area contributed by atoms with Crippen LogP contribution < -0.4 is 0 Å². The maximum absolute atomic E-state index is 11.8. The van der Waals surface area contributed by atoms with Crippen LogP contribution in [0.3, 0.4) is 0 Å². The zero-order valence-electron chi connectivity index (χ0n) is 10.3. The molecule has 0 saturated carbocycles. The van der Waals surface area contributed by atoms with Gasteiger partial charge in [-0.25, -0.2) is 4.79 Å². The number of allylic oxidation sites excluding steroid dienone is 2. The predicted octanol–water partition coefficient (Wildman–Crippen LogP) is 2.70. The highest BCUT2D eigenvalue weighted by Gasteiger charge is 2.25. The first-order valence-corrected chi connectivity index (χ1v) is 5.61. The highest BCUT2D eigenvalue weighted by Crippen LogP contribution is 2.32. The monoisotopic (exact) mass is 219 g/mol. The number of rotatable bonds is 2. The van der Waals surface area contributed by atoms with E-state index in [-0.39, 0.29) is 5.97 Å². The molecule has 1 aliphatic heterocycles. The van der Waals surface area contributed by atoms with Gasteiger partial charge in [-0.05, 0) is 38.8 Å². The topological polar surface area (TPSA) is 31.2 Å². The molecule has 1 aromatic rings. The van der Waals surface area contributed by atoms with Crippen molar-refractivity contribution >= 4 is 11.5 Å². The molecule has 2 rings (SSSR count). The lowest BCUT2D eigenvalue weighted by atomic mass is 10.1. The lowest BCUT2D eigenvalue weighted by Crippen LogP contribution is -2.07. The summed E-state index contributed by atoms with van der Waals surface area (Å²) in [7, 11) is 0. The Hall–Kier alpha value is -1.51. The van der Waals surface area contributed by atoms with Gasteiger partial charge in [0.05, 0.1) is 12.2 Å². The maximum atomic E-state index is 11.8. The molecule has 0 spiro atoms. The number of hydrogen-bond acceptors (Lipinski definition) is 2. The highest BCUT2D eigenvalue weighted by molar-refractivity contribution is 5.94. The Bertz CT molecular complexity index is 481. The molecule has 1 aliphatic rings. The highest BCUT2D eigenvalue weighted by atomic mass is 16.5. The molecule has 0 N–H and O–H groups in total. The normalized spacial score (nSPS) is 13.6. The Balaban J connectivity index is 2.53. The number of fused-ring (bicyclic) bond motifs is 1. The second kappa shape index (κ2) is 3.81. The molecule has 0 radical (unpaired) electrons. The Morgan fingerprint density at radius 3 is 2.69 bits per heavy atom. The zero-order chi connectivity index (χ0) is 11.9. The van der Waals surface area contributed by atoms with Gasteiger partial charge in [0.2, 0.25) is 0 Å². The van der Waals surface area contributed by atoms with E-state index in [9.17, 15) is 4.79 Å². The first-order chi connectivity index (χ1) is 7.57. The summed E-state index contributed by atoms with van der Waals surface area (Å²) < 4.78 is 7.27. The van der Waals surface area contributed by atoms with Crippen LogP contribution in [0.25, 0.3) is 5.57 Å². The van der Waals surface area contributed by atoms with Crippen molar-refractivity contribution in [3.05, 3.63) is 28.6 Å². The van der Waals surface area contributed by atoms with Crippen LogP contribution in [0.4, 0.5) is 0 Å². The third kappa shape index (κ3) is 1.39. The maximum Gasteiger partial charge on any atom is 0.340 e. The summed E-state index contributed by atoms with van der Waals surface area (Å²) in [5.74, 6) is -0.202. The van der Waals surface area contributed by atoms with E-state index in [2.05, 4.69) is 17.6 Å². The zero-order valence-corrected chi connectivity index (χ0v) is 10.3. The van der Waals surface area contributed by atoms with Gasteiger partial charge in [-0.3, -0.25) is 0 Å². The molecule has 2 heterocycles. The molecule has 0 unspecified atom stereocenters. The van der Waals surface area contributed by atoms with E-state index in [0.29, 0.717) is 6.61 Å². The fraction of sp³-hybridized carbons (Fsp3) is 0.462. The van der Waals surface area contributed by atoms with Crippen LogP contribution in [0.2, 0.25) is 0 Å². The van der Waals surface area contributed by atoms with E-state index in [4.69, 9.17) is 4.74 Å². The molecule has 0 aliphatic carbocycles. The van der Waals surface area contributed by atoms with E-state index in [1.165, 1.54) is 11.3 Å². The molecule has 0 aromatic carbocycles. The Morgan fingerprint density at radius 1 is 1.44 bits per heavy atom. The summed E-state index contributed by atoms with van der Waals surface area (Å²) in [5.41, 5.74) is 5.22. The molecule has 86 valence electrons. The van der Waals surface area contributed by atoms with Crippen LogP contribution in [0.5, 0.6) is 0 Å². The van der Waals surface area contributed by atoms with Crippen molar-refractivity contribution in [2.45, 2.75) is 34.2 Å². The largest absolute Gasteiger partial charge is 0.462 e. The summed E-state index contributed by atoms with van der Waals surface area (Å²) >= 11 is 0. The number of hydrogen-bond donors (Lipinski definition) is 0. The molecular formula is C13H17NO2. The number of aromatic nitrogens is 1. The molecule has 0 saturated heterocycles. The molecule has 0 amide bonds. The van der Waals surface area contributed by atoms with Crippen molar-refractivity contribution in [2.75, 3.05) is 6.61 Å². The molecule has 16 heavy (non-hydrogen) atoms. The molecule has 0 atom stereocenters. The van der Waals surface area contributed by atoms with Crippen molar-refractivity contribution in [1.82, 2.24) is 4.57 Å². The molecular weight excluding hydrogens is 202 g/mol. The SMILES string of the molecule is CCOC(=O)c1c(C)c2n(c1C)CC=C2C. The minimum atomic E-state index is -0.202. The number of carbonyl (C=O) groups excluding carboxylic acids is 1. The molecule has 3 nitrogen and oxygen atoms in total. The second-order valence-electron chi connectivity index (χ2n) is 4.15. The predicted molar refractivity (Wildman–Crippen MR) is 63.5 cm³/mol. The van der Waals surface area contributed by atoms with Crippen molar-refractivity contribution in [2.24, 2.45) is 0 Å². The van der Waals surface area contributed by atoms with Gasteiger partial charge < -0.3 is 9.30 Å². The van der Waals surface area contributed by atoms with Gasteiger partial charge >= 0.3 is 5.97 Å². The van der Waals surface area contributed by atoms with Crippen LogP contribution in [0.1, 0.15) is 41.2 Å². The van der Waals surface area contributed by atoms with Crippen molar-refractivity contribution in [3.8, 4) is 0 Å². The minimum Gasteiger partial charge on any atom is -0.462 e. The third-order valence-corrected chi connectivity index (χ3v) is 3.20. The summed E-state index contributed by atoms with van der Waals surface area (Å²) in [6.45, 7) is 9.18. The van der Waals surface area contributed by atoms with Gasteiger partial charge in [0.15, 0.2) is 0 Å². The van der Waals surface area contributed by atoms with Crippen LogP contribution in [0, 0.1) is 13.8 Å². The summed E-state index contributed by atoms with van der Waals surface area (Å²) in [4.78, 5) is 11.8. The molecule has 0 fully saturated rings. The Morgan fingerprint density at radius 2 is 2.12 bits per heavy atom. The third-order valence-electron chi connectivity index (χ3n) is 3.20. The molecule has 3 heteroatoms. The molecule has 1 aromatic heterocycles. The number of ether oxygens (including phenoxy) is 1. The summed E-state index contributed by atoms with van der Waals surface area (Å²) in [6.07, 6.45) is 2.18. The number of esters is 1. The number of nitrogens with zero attached hydrogens (tertiary/aromatic N) is 1. The van der Waals surface area contributed by atoms with Gasteiger partial charge in [0.25, 0.3) is 0 Å². The average molecular weight is 219 g/mol. The number of carbonyl (C=O) groups is 1. The van der Waals surface area contributed by atoms with E-state index in [0.717, 1.165) is 23.4 Å². The Kier molecular flexibility index (Phi) is 2.62. The van der Waals surface area contributed by atoms with E-state index >= 15 is 0 Å². The first-order valence-electron chi connectivity index (χ1n) is 5.61. The van der Waals surface area contributed by atoms with E-state index in [1.807, 2.05) is 20.8 Å². The standard InChI is InChI=1S/C13H17NO2/c1-5-16-13(15)11-9(3)12-8(2)6-7-14(12)10(11)4/h6H,5,7H2,1-4H3. The fourth-order valence-corrected chi connectivity index (χ4v) is 2.46. The van der Waals surface area contributed by atoms with Gasteiger partial charge in [0, 0.05) is 17.9 Å². The lowest BCUT2D eigenvalue weighted by molar-refractivity contribution is 0.0524. The van der Waals surface area contributed by atoms with Gasteiger partial charge in [-0.1, -0.05) is 6.08 Å².